The zero-order valence-corrected chi connectivity index (χ0v) is 13.1. The van der Waals surface area contributed by atoms with Crippen LogP contribution < -0.4 is 5.32 Å². The molecule has 1 atom stereocenters. The quantitative estimate of drug-likeness (QED) is 0.560. The molecule has 1 heteroatoms. The summed E-state index contributed by atoms with van der Waals surface area (Å²) in [5.74, 6) is 0.993. The van der Waals surface area contributed by atoms with Gasteiger partial charge in [-0.3, -0.25) is 0 Å². The van der Waals surface area contributed by atoms with E-state index in [1.807, 2.05) is 0 Å². The molecule has 1 saturated carbocycles. The van der Waals surface area contributed by atoms with Crippen LogP contribution in [-0.2, 0) is 0 Å². The molecule has 0 amide bonds. The molecule has 0 heterocycles. The lowest BCUT2D eigenvalue weighted by Gasteiger charge is -2.43. The molecule has 0 bridgehead atoms. The summed E-state index contributed by atoms with van der Waals surface area (Å²) >= 11 is 0. The highest BCUT2D eigenvalue weighted by molar-refractivity contribution is 4.89. The van der Waals surface area contributed by atoms with Gasteiger partial charge in [0.25, 0.3) is 0 Å². The summed E-state index contributed by atoms with van der Waals surface area (Å²) in [6, 6.07) is 0. The van der Waals surface area contributed by atoms with Crippen molar-refractivity contribution in [2.75, 3.05) is 13.1 Å². The van der Waals surface area contributed by atoms with E-state index in [9.17, 15) is 0 Å². The molecule has 1 rings (SSSR count). The molecule has 0 spiro atoms. The van der Waals surface area contributed by atoms with Crippen molar-refractivity contribution in [2.24, 2.45) is 11.3 Å². The first-order valence-corrected chi connectivity index (χ1v) is 8.49. The van der Waals surface area contributed by atoms with E-state index in [4.69, 9.17) is 0 Å². The molecule has 0 aromatic heterocycles. The van der Waals surface area contributed by atoms with Gasteiger partial charge < -0.3 is 5.32 Å². The van der Waals surface area contributed by atoms with Gasteiger partial charge in [-0.1, -0.05) is 52.9 Å². The predicted molar refractivity (Wildman–Crippen MR) is 82.0 cm³/mol. The van der Waals surface area contributed by atoms with E-state index in [0.717, 1.165) is 5.92 Å². The van der Waals surface area contributed by atoms with Gasteiger partial charge in [-0.25, -0.2) is 0 Å². The van der Waals surface area contributed by atoms with Gasteiger partial charge >= 0.3 is 0 Å². The molecule has 0 saturated heterocycles. The van der Waals surface area contributed by atoms with Crippen LogP contribution in [0.2, 0.25) is 0 Å². The van der Waals surface area contributed by atoms with E-state index >= 15 is 0 Å². The van der Waals surface area contributed by atoms with Crippen LogP contribution in [0.15, 0.2) is 0 Å². The van der Waals surface area contributed by atoms with Crippen LogP contribution >= 0.6 is 0 Å². The summed E-state index contributed by atoms with van der Waals surface area (Å²) in [5, 5.41) is 3.73. The summed E-state index contributed by atoms with van der Waals surface area (Å²) in [4.78, 5) is 0. The Labute approximate surface area is 115 Å². The van der Waals surface area contributed by atoms with Crippen molar-refractivity contribution in [3.8, 4) is 0 Å². The standard InChI is InChI=1S/C17H35N/c1-4-7-13-17(6-3,15-18-14-5-2)16-11-9-8-10-12-16/h16,18H,4-15H2,1-3H3. The van der Waals surface area contributed by atoms with Crippen LogP contribution in [0.25, 0.3) is 0 Å². The molecule has 0 aliphatic heterocycles. The lowest BCUT2D eigenvalue weighted by molar-refractivity contribution is 0.0930. The summed E-state index contributed by atoms with van der Waals surface area (Å²) < 4.78 is 0. The molecule has 1 aliphatic rings. The van der Waals surface area contributed by atoms with E-state index in [1.165, 1.54) is 77.3 Å². The number of hydrogen-bond acceptors (Lipinski definition) is 1. The Kier molecular flexibility index (Phi) is 7.97. The van der Waals surface area contributed by atoms with Crippen molar-refractivity contribution in [2.45, 2.75) is 85.0 Å². The molecular weight excluding hydrogens is 218 g/mol. The fraction of sp³-hybridized carbons (Fsp3) is 1.00. The molecule has 1 fully saturated rings. The second kappa shape index (κ2) is 8.96. The Hall–Kier alpha value is -0.0400. The first-order valence-electron chi connectivity index (χ1n) is 8.49. The van der Waals surface area contributed by atoms with Crippen molar-refractivity contribution in [3.05, 3.63) is 0 Å². The lowest BCUT2D eigenvalue weighted by Crippen LogP contribution is -2.41. The molecule has 18 heavy (non-hydrogen) atoms. The van der Waals surface area contributed by atoms with Gasteiger partial charge in [0, 0.05) is 6.54 Å². The largest absolute Gasteiger partial charge is 0.316 e. The zero-order chi connectivity index (χ0) is 13.3. The van der Waals surface area contributed by atoms with Gasteiger partial charge in [0.05, 0.1) is 0 Å². The maximum atomic E-state index is 3.73. The fourth-order valence-corrected chi connectivity index (χ4v) is 3.79. The average molecular weight is 253 g/mol. The minimum absolute atomic E-state index is 0.603. The Bertz CT molecular complexity index is 196. The zero-order valence-electron chi connectivity index (χ0n) is 13.1. The average Bonchev–Trinajstić information content (AvgIpc) is 2.44. The highest BCUT2D eigenvalue weighted by Crippen LogP contribution is 2.44. The summed E-state index contributed by atoms with van der Waals surface area (Å²) in [6.07, 6.45) is 14.3. The Morgan fingerprint density at radius 1 is 1.00 bits per heavy atom. The van der Waals surface area contributed by atoms with Crippen molar-refractivity contribution >= 4 is 0 Å². The molecule has 1 unspecified atom stereocenters. The van der Waals surface area contributed by atoms with Gasteiger partial charge in [-0.15, -0.1) is 0 Å². The van der Waals surface area contributed by atoms with Crippen molar-refractivity contribution in [3.63, 3.8) is 0 Å². The second-order valence-electron chi connectivity index (χ2n) is 6.33. The molecular formula is C17H35N. The predicted octanol–water partition coefficient (Wildman–Crippen LogP) is 5.15. The minimum atomic E-state index is 0.603. The van der Waals surface area contributed by atoms with Crippen LogP contribution in [0, 0.1) is 11.3 Å². The summed E-state index contributed by atoms with van der Waals surface area (Å²) in [7, 11) is 0. The van der Waals surface area contributed by atoms with E-state index < -0.39 is 0 Å². The molecule has 0 aromatic carbocycles. The topological polar surface area (TPSA) is 12.0 Å². The molecule has 1 nitrogen and oxygen atoms in total. The summed E-state index contributed by atoms with van der Waals surface area (Å²) in [5.41, 5.74) is 0.603. The first kappa shape index (κ1) is 16.0. The van der Waals surface area contributed by atoms with Crippen molar-refractivity contribution in [1.82, 2.24) is 5.32 Å². The third kappa shape index (κ3) is 4.57. The maximum absolute atomic E-state index is 3.73. The third-order valence-electron chi connectivity index (χ3n) is 5.11. The SMILES string of the molecule is CCCCC(CC)(CNCCC)C1CCCCC1. The lowest BCUT2D eigenvalue weighted by atomic mass is 9.64. The first-order chi connectivity index (χ1) is 8.79. The fourth-order valence-electron chi connectivity index (χ4n) is 3.79. The minimum Gasteiger partial charge on any atom is -0.316 e. The van der Waals surface area contributed by atoms with E-state index in [2.05, 4.69) is 26.1 Å². The van der Waals surface area contributed by atoms with Crippen molar-refractivity contribution < 1.29 is 0 Å². The molecule has 1 aliphatic carbocycles. The number of rotatable bonds is 9. The molecule has 0 aromatic rings. The van der Waals surface area contributed by atoms with E-state index in [0.29, 0.717) is 5.41 Å². The van der Waals surface area contributed by atoms with Gasteiger partial charge in [-0.2, -0.15) is 0 Å². The number of nitrogens with one attached hydrogen (secondary N) is 1. The molecule has 108 valence electrons. The highest BCUT2D eigenvalue weighted by Gasteiger charge is 2.36. The normalized spacial score (nSPS) is 20.8. The van der Waals surface area contributed by atoms with Gasteiger partial charge in [0.15, 0.2) is 0 Å². The Balaban J connectivity index is 2.61. The van der Waals surface area contributed by atoms with Crippen LogP contribution in [0.1, 0.15) is 85.0 Å². The number of hydrogen-bond donors (Lipinski definition) is 1. The Morgan fingerprint density at radius 3 is 2.28 bits per heavy atom. The summed E-state index contributed by atoms with van der Waals surface area (Å²) in [6.45, 7) is 9.49. The van der Waals surface area contributed by atoms with E-state index in [-0.39, 0.29) is 0 Å². The smallest absolute Gasteiger partial charge is 0.00104 e. The van der Waals surface area contributed by atoms with Crippen LogP contribution in [0.4, 0.5) is 0 Å². The van der Waals surface area contributed by atoms with Crippen LogP contribution in [0.5, 0.6) is 0 Å². The molecule has 0 radical (unpaired) electrons. The van der Waals surface area contributed by atoms with Gasteiger partial charge in [0.1, 0.15) is 0 Å². The van der Waals surface area contributed by atoms with Gasteiger partial charge in [-0.05, 0) is 50.0 Å². The van der Waals surface area contributed by atoms with Gasteiger partial charge in [0.2, 0.25) is 0 Å². The highest BCUT2D eigenvalue weighted by atomic mass is 14.9. The Morgan fingerprint density at radius 2 is 1.72 bits per heavy atom. The second-order valence-corrected chi connectivity index (χ2v) is 6.33. The maximum Gasteiger partial charge on any atom is 0.00104 e. The van der Waals surface area contributed by atoms with Crippen LogP contribution in [0.3, 0.4) is 0 Å². The third-order valence-corrected chi connectivity index (χ3v) is 5.11. The molecule has 1 N–H and O–H groups in total. The van der Waals surface area contributed by atoms with E-state index in [1.54, 1.807) is 0 Å². The van der Waals surface area contributed by atoms with Crippen molar-refractivity contribution in [1.29, 1.82) is 0 Å². The van der Waals surface area contributed by atoms with Crippen LogP contribution in [-0.4, -0.2) is 13.1 Å². The monoisotopic (exact) mass is 253 g/mol. The number of unbranched alkanes of at least 4 members (excludes halogenated alkanes) is 1.